The number of fused-ring (bicyclic) bond motifs is 1. The number of nitrogens with one attached hydrogen (secondary N) is 1. The molecule has 0 spiro atoms. The standard InChI is InChI=1S/C16H16N4O4/c1-10-14-15(24-19-10)18-9-20(16(14)22)8-13(21)17-7-11-3-5-12(23-2)6-4-11/h3-6,9H,7-8H2,1-2H3,(H,17,21). The van der Waals surface area contributed by atoms with Crippen LogP contribution < -0.4 is 15.6 Å². The van der Waals surface area contributed by atoms with E-state index in [0.29, 0.717) is 17.6 Å². The van der Waals surface area contributed by atoms with Gasteiger partial charge in [0.05, 0.1) is 12.8 Å². The van der Waals surface area contributed by atoms with Crippen LogP contribution in [0.1, 0.15) is 11.3 Å². The molecule has 0 aliphatic rings. The van der Waals surface area contributed by atoms with Crippen molar-refractivity contribution >= 4 is 17.0 Å². The summed E-state index contributed by atoms with van der Waals surface area (Å²) in [6, 6.07) is 7.36. The molecule has 0 atom stereocenters. The van der Waals surface area contributed by atoms with E-state index in [0.717, 1.165) is 11.3 Å². The zero-order valence-corrected chi connectivity index (χ0v) is 13.3. The minimum absolute atomic E-state index is 0.122. The number of hydrogen-bond donors (Lipinski definition) is 1. The minimum Gasteiger partial charge on any atom is -0.497 e. The number of carbonyl (C=O) groups is 1. The second kappa shape index (κ2) is 6.53. The SMILES string of the molecule is COc1ccc(CNC(=O)Cn2cnc3onc(C)c3c2=O)cc1. The van der Waals surface area contributed by atoms with Crippen LogP contribution in [0, 0.1) is 6.92 Å². The van der Waals surface area contributed by atoms with Crippen molar-refractivity contribution in [3.63, 3.8) is 0 Å². The maximum atomic E-state index is 12.3. The maximum absolute atomic E-state index is 12.3. The van der Waals surface area contributed by atoms with Gasteiger partial charge < -0.3 is 14.6 Å². The Labute approximate surface area is 137 Å². The first-order chi connectivity index (χ1) is 11.6. The quantitative estimate of drug-likeness (QED) is 0.750. The summed E-state index contributed by atoms with van der Waals surface area (Å²) in [5.74, 6) is 0.461. The summed E-state index contributed by atoms with van der Waals surface area (Å²) in [6.07, 6.45) is 1.28. The van der Waals surface area contributed by atoms with Gasteiger partial charge in [-0.3, -0.25) is 14.2 Å². The highest BCUT2D eigenvalue weighted by atomic mass is 16.5. The zero-order valence-electron chi connectivity index (χ0n) is 13.3. The van der Waals surface area contributed by atoms with Gasteiger partial charge in [-0.1, -0.05) is 17.3 Å². The molecule has 8 heteroatoms. The van der Waals surface area contributed by atoms with Gasteiger partial charge in [-0.2, -0.15) is 0 Å². The van der Waals surface area contributed by atoms with Crippen molar-refractivity contribution in [2.45, 2.75) is 20.0 Å². The van der Waals surface area contributed by atoms with E-state index in [1.54, 1.807) is 14.0 Å². The lowest BCUT2D eigenvalue weighted by Gasteiger charge is -2.07. The maximum Gasteiger partial charge on any atom is 0.267 e. The third-order valence-electron chi connectivity index (χ3n) is 3.60. The van der Waals surface area contributed by atoms with Crippen molar-refractivity contribution in [3.8, 4) is 5.75 Å². The topological polar surface area (TPSA) is 99.2 Å². The molecule has 3 aromatic rings. The molecule has 0 bridgehead atoms. The highest BCUT2D eigenvalue weighted by molar-refractivity contribution is 5.77. The summed E-state index contributed by atoms with van der Waals surface area (Å²) in [7, 11) is 1.59. The Balaban J connectivity index is 1.67. The van der Waals surface area contributed by atoms with Crippen molar-refractivity contribution in [2.24, 2.45) is 0 Å². The van der Waals surface area contributed by atoms with Crippen molar-refractivity contribution in [1.29, 1.82) is 0 Å². The summed E-state index contributed by atoms with van der Waals surface area (Å²) in [5, 5.41) is 6.76. The van der Waals surface area contributed by atoms with Crippen LogP contribution in [0.4, 0.5) is 0 Å². The smallest absolute Gasteiger partial charge is 0.267 e. The van der Waals surface area contributed by atoms with Crippen LogP contribution in [0.25, 0.3) is 11.1 Å². The van der Waals surface area contributed by atoms with Crippen LogP contribution in [-0.4, -0.2) is 27.7 Å². The van der Waals surface area contributed by atoms with Crippen LogP contribution in [0.3, 0.4) is 0 Å². The van der Waals surface area contributed by atoms with Crippen LogP contribution in [0.2, 0.25) is 0 Å². The minimum atomic E-state index is -0.349. The van der Waals surface area contributed by atoms with Gasteiger partial charge in [0, 0.05) is 6.54 Å². The van der Waals surface area contributed by atoms with Gasteiger partial charge in [-0.15, -0.1) is 0 Å². The summed E-state index contributed by atoms with van der Waals surface area (Å²) in [6.45, 7) is 1.89. The Morgan fingerprint density at radius 3 is 2.79 bits per heavy atom. The number of amides is 1. The molecule has 2 aromatic heterocycles. The van der Waals surface area contributed by atoms with Crippen LogP contribution in [-0.2, 0) is 17.9 Å². The van der Waals surface area contributed by atoms with Crippen LogP contribution in [0.15, 0.2) is 39.9 Å². The van der Waals surface area contributed by atoms with E-state index in [1.165, 1.54) is 10.9 Å². The number of carbonyl (C=O) groups excluding carboxylic acids is 1. The van der Waals surface area contributed by atoms with E-state index in [9.17, 15) is 9.59 Å². The van der Waals surface area contributed by atoms with E-state index in [-0.39, 0.29) is 23.7 Å². The number of nitrogens with zero attached hydrogens (tertiary/aromatic N) is 3. The molecule has 2 heterocycles. The molecular formula is C16H16N4O4. The fourth-order valence-corrected chi connectivity index (χ4v) is 2.28. The molecule has 0 aliphatic heterocycles. The van der Waals surface area contributed by atoms with Crippen molar-refractivity contribution in [3.05, 3.63) is 52.2 Å². The van der Waals surface area contributed by atoms with Gasteiger partial charge in [0.2, 0.25) is 5.91 Å². The van der Waals surface area contributed by atoms with Crippen LogP contribution >= 0.6 is 0 Å². The van der Waals surface area contributed by atoms with Gasteiger partial charge in [0.1, 0.15) is 24.0 Å². The third kappa shape index (κ3) is 3.12. The number of benzene rings is 1. The average molecular weight is 328 g/mol. The predicted molar refractivity (Wildman–Crippen MR) is 85.6 cm³/mol. The Hall–Kier alpha value is -3.16. The number of aryl methyl sites for hydroxylation is 1. The van der Waals surface area contributed by atoms with Crippen LogP contribution in [0.5, 0.6) is 5.75 Å². The third-order valence-corrected chi connectivity index (χ3v) is 3.60. The highest BCUT2D eigenvalue weighted by Gasteiger charge is 2.13. The normalized spacial score (nSPS) is 10.8. The first-order valence-electron chi connectivity index (χ1n) is 7.29. The predicted octanol–water partition coefficient (Wildman–Crippen LogP) is 1.02. The van der Waals surface area contributed by atoms with Crippen molar-refractivity contribution < 1.29 is 14.1 Å². The first-order valence-corrected chi connectivity index (χ1v) is 7.29. The molecule has 0 aliphatic carbocycles. The van der Waals surface area contributed by atoms with E-state index in [4.69, 9.17) is 9.26 Å². The molecule has 24 heavy (non-hydrogen) atoms. The molecule has 1 amide bonds. The van der Waals surface area contributed by atoms with Gasteiger partial charge in [-0.25, -0.2) is 4.98 Å². The summed E-state index contributed by atoms with van der Waals surface area (Å²) < 4.78 is 11.2. The molecule has 1 aromatic carbocycles. The van der Waals surface area contributed by atoms with E-state index in [1.807, 2.05) is 24.3 Å². The Morgan fingerprint density at radius 2 is 2.08 bits per heavy atom. The fraction of sp³-hybridized carbons (Fsp3) is 0.250. The Bertz CT molecular complexity index is 927. The summed E-state index contributed by atoms with van der Waals surface area (Å²) in [5.41, 5.74) is 1.21. The summed E-state index contributed by atoms with van der Waals surface area (Å²) >= 11 is 0. The number of methoxy groups -OCH3 is 1. The number of ether oxygens (including phenoxy) is 1. The molecule has 8 nitrogen and oxygen atoms in total. The Kier molecular flexibility index (Phi) is 4.28. The van der Waals surface area contributed by atoms with Gasteiger partial charge in [0.25, 0.3) is 11.3 Å². The lowest BCUT2D eigenvalue weighted by Crippen LogP contribution is -2.32. The molecule has 0 unspecified atom stereocenters. The van der Waals surface area contributed by atoms with E-state index < -0.39 is 0 Å². The average Bonchev–Trinajstić information content (AvgIpc) is 2.98. The highest BCUT2D eigenvalue weighted by Crippen LogP contribution is 2.11. The largest absolute Gasteiger partial charge is 0.497 e. The monoisotopic (exact) mass is 328 g/mol. The molecular weight excluding hydrogens is 312 g/mol. The van der Waals surface area contributed by atoms with Gasteiger partial charge in [0.15, 0.2) is 0 Å². The van der Waals surface area contributed by atoms with Gasteiger partial charge >= 0.3 is 0 Å². The lowest BCUT2D eigenvalue weighted by molar-refractivity contribution is -0.121. The van der Waals surface area contributed by atoms with Gasteiger partial charge in [-0.05, 0) is 24.6 Å². The molecule has 0 saturated carbocycles. The summed E-state index contributed by atoms with van der Waals surface area (Å²) in [4.78, 5) is 28.4. The molecule has 3 rings (SSSR count). The number of aromatic nitrogens is 3. The first kappa shape index (κ1) is 15.7. The number of hydrogen-bond acceptors (Lipinski definition) is 6. The van der Waals surface area contributed by atoms with Crippen molar-refractivity contribution in [2.75, 3.05) is 7.11 Å². The zero-order chi connectivity index (χ0) is 17.1. The Morgan fingerprint density at radius 1 is 1.33 bits per heavy atom. The molecule has 0 fully saturated rings. The molecule has 1 N–H and O–H groups in total. The molecule has 0 saturated heterocycles. The number of rotatable bonds is 5. The van der Waals surface area contributed by atoms with Crippen molar-refractivity contribution in [1.82, 2.24) is 20.0 Å². The molecule has 124 valence electrons. The lowest BCUT2D eigenvalue weighted by atomic mass is 10.2. The second-order valence-corrected chi connectivity index (χ2v) is 5.25. The van der Waals surface area contributed by atoms with E-state index >= 15 is 0 Å². The molecule has 0 radical (unpaired) electrons. The second-order valence-electron chi connectivity index (χ2n) is 5.25. The van der Waals surface area contributed by atoms with E-state index in [2.05, 4.69) is 15.5 Å². The fourth-order valence-electron chi connectivity index (χ4n) is 2.28.